The Morgan fingerprint density at radius 3 is 2.27 bits per heavy atom. The predicted octanol–water partition coefficient (Wildman–Crippen LogP) is 3.71. The molecule has 0 spiro atoms. The molecule has 0 atom stereocenters. The van der Waals surface area contributed by atoms with Gasteiger partial charge in [-0.25, -0.2) is 13.1 Å². The van der Waals surface area contributed by atoms with Crippen molar-refractivity contribution in [1.82, 2.24) is 4.72 Å². The fourth-order valence-electron chi connectivity index (χ4n) is 2.25. The molecule has 4 nitrogen and oxygen atoms in total. The van der Waals surface area contributed by atoms with Gasteiger partial charge in [-0.1, -0.05) is 31.2 Å². The van der Waals surface area contributed by atoms with Gasteiger partial charge < -0.3 is 4.74 Å². The van der Waals surface area contributed by atoms with Crippen molar-refractivity contribution in [3.63, 3.8) is 0 Å². The summed E-state index contributed by atoms with van der Waals surface area (Å²) in [5.41, 5.74) is -0.488. The van der Waals surface area contributed by atoms with Crippen LogP contribution in [0.1, 0.15) is 34.1 Å². The quantitative estimate of drug-likeness (QED) is 0.882. The molecule has 22 heavy (non-hydrogen) atoms. The highest BCUT2D eigenvalue weighted by molar-refractivity contribution is 7.89. The molecule has 2 aromatic carbocycles. The molecule has 2 rings (SSSR count). The average molecular weight is 321 g/mol. The van der Waals surface area contributed by atoms with Gasteiger partial charge in [0.25, 0.3) is 0 Å². The van der Waals surface area contributed by atoms with Crippen LogP contribution in [-0.4, -0.2) is 20.6 Å². The molecule has 2 aromatic rings. The molecule has 0 radical (unpaired) electrons. The van der Waals surface area contributed by atoms with Crippen LogP contribution in [0.5, 0.6) is 5.75 Å². The van der Waals surface area contributed by atoms with Gasteiger partial charge in [-0.15, -0.1) is 0 Å². The van der Waals surface area contributed by atoms with Crippen LogP contribution in [0.4, 0.5) is 0 Å². The molecule has 0 aliphatic carbocycles. The number of rotatable bonds is 6. The molecule has 5 heteroatoms. The lowest BCUT2D eigenvalue weighted by molar-refractivity contribution is 0.344. The first kappa shape index (κ1) is 16.8. The second-order valence-corrected chi connectivity index (χ2v) is 7.53. The highest BCUT2D eigenvalue weighted by Gasteiger charge is 2.26. The highest BCUT2D eigenvalue weighted by Crippen LogP contribution is 2.31. The number of hydrogen-bond donors (Lipinski definition) is 1. The summed E-state index contributed by atoms with van der Waals surface area (Å²) in [6.45, 7) is 8.16. The summed E-state index contributed by atoms with van der Waals surface area (Å²) < 4.78 is 33.8. The van der Waals surface area contributed by atoms with Crippen LogP contribution in [0.3, 0.4) is 0 Å². The largest absolute Gasteiger partial charge is 0.493 e. The van der Waals surface area contributed by atoms with Crippen LogP contribution < -0.4 is 9.46 Å². The maximum absolute atomic E-state index is 12.7. The smallest absolute Gasteiger partial charge is 0.241 e. The topological polar surface area (TPSA) is 55.4 Å². The number of fused-ring (bicyclic) bond motifs is 1. The molecule has 0 amide bonds. The molecule has 0 aliphatic rings. The predicted molar refractivity (Wildman–Crippen MR) is 89.8 cm³/mol. The third-order valence-corrected chi connectivity index (χ3v) is 5.48. The SMILES string of the molecule is CCOc1ccc(S(=O)(=O)NC(C)(C)CC)c2ccccc12. The molecule has 120 valence electrons. The van der Waals surface area contributed by atoms with E-state index in [1.54, 1.807) is 12.1 Å². The van der Waals surface area contributed by atoms with E-state index in [1.165, 1.54) is 0 Å². The van der Waals surface area contributed by atoms with Crippen molar-refractivity contribution in [2.45, 2.75) is 44.6 Å². The molecule has 0 saturated carbocycles. The summed E-state index contributed by atoms with van der Waals surface area (Å²) in [4.78, 5) is 0.285. The molecule has 0 bridgehead atoms. The van der Waals surface area contributed by atoms with E-state index in [0.29, 0.717) is 24.2 Å². The highest BCUT2D eigenvalue weighted by atomic mass is 32.2. The van der Waals surface area contributed by atoms with Gasteiger partial charge in [0.2, 0.25) is 10.0 Å². The van der Waals surface area contributed by atoms with Gasteiger partial charge in [-0.3, -0.25) is 0 Å². The minimum Gasteiger partial charge on any atom is -0.493 e. The van der Waals surface area contributed by atoms with E-state index in [2.05, 4.69) is 4.72 Å². The Balaban J connectivity index is 2.60. The van der Waals surface area contributed by atoms with Crippen LogP contribution in [0.15, 0.2) is 41.3 Å². The van der Waals surface area contributed by atoms with Gasteiger partial charge in [0, 0.05) is 16.3 Å². The van der Waals surface area contributed by atoms with E-state index in [9.17, 15) is 8.42 Å². The summed E-state index contributed by atoms with van der Waals surface area (Å²) >= 11 is 0. The number of sulfonamides is 1. The summed E-state index contributed by atoms with van der Waals surface area (Å²) in [5.74, 6) is 0.701. The maximum Gasteiger partial charge on any atom is 0.241 e. The van der Waals surface area contributed by atoms with Gasteiger partial charge in [0.15, 0.2) is 0 Å². The summed E-state index contributed by atoms with van der Waals surface area (Å²) in [6.07, 6.45) is 0.710. The molecule has 0 aromatic heterocycles. The van der Waals surface area contributed by atoms with Crippen molar-refractivity contribution < 1.29 is 13.2 Å². The second kappa shape index (κ2) is 6.26. The van der Waals surface area contributed by atoms with E-state index in [1.807, 2.05) is 52.0 Å². The van der Waals surface area contributed by atoms with Gasteiger partial charge in [0.1, 0.15) is 5.75 Å². The van der Waals surface area contributed by atoms with Crippen LogP contribution >= 0.6 is 0 Å². The molecule has 0 unspecified atom stereocenters. The summed E-state index contributed by atoms with van der Waals surface area (Å²) in [7, 11) is -3.59. The van der Waals surface area contributed by atoms with Crippen molar-refractivity contribution >= 4 is 20.8 Å². The fraction of sp³-hybridized carbons (Fsp3) is 0.412. The Labute approximate surface area is 132 Å². The first-order chi connectivity index (χ1) is 10.3. The minimum absolute atomic E-state index is 0.285. The van der Waals surface area contributed by atoms with Crippen LogP contribution in [0, 0.1) is 0 Å². The van der Waals surface area contributed by atoms with Crippen molar-refractivity contribution in [2.24, 2.45) is 0 Å². The van der Waals surface area contributed by atoms with Crippen LogP contribution in [-0.2, 0) is 10.0 Å². The monoisotopic (exact) mass is 321 g/mol. The molecular formula is C17H23NO3S. The summed E-state index contributed by atoms with van der Waals surface area (Å²) in [6, 6.07) is 10.7. The molecular weight excluding hydrogens is 298 g/mol. The van der Waals surface area contributed by atoms with Crippen LogP contribution in [0.2, 0.25) is 0 Å². The number of benzene rings is 2. The first-order valence-electron chi connectivity index (χ1n) is 7.49. The molecule has 0 aliphatic heterocycles. The van der Waals surface area contributed by atoms with E-state index in [0.717, 1.165) is 5.39 Å². The molecule has 0 fully saturated rings. The van der Waals surface area contributed by atoms with Crippen molar-refractivity contribution in [3.05, 3.63) is 36.4 Å². The van der Waals surface area contributed by atoms with E-state index in [4.69, 9.17) is 4.74 Å². The van der Waals surface area contributed by atoms with E-state index < -0.39 is 15.6 Å². The summed E-state index contributed by atoms with van der Waals surface area (Å²) in [5, 5.41) is 1.48. The lowest BCUT2D eigenvalue weighted by atomic mass is 10.0. The van der Waals surface area contributed by atoms with Gasteiger partial charge in [0.05, 0.1) is 11.5 Å². The Morgan fingerprint density at radius 1 is 1.05 bits per heavy atom. The van der Waals surface area contributed by atoms with E-state index >= 15 is 0 Å². The maximum atomic E-state index is 12.7. The average Bonchev–Trinajstić information content (AvgIpc) is 2.46. The lowest BCUT2D eigenvalue weighted by Gasteiger charge is -2.24. The zero-order chi connectivity index (χ0) is 16.4. The number of hydrogen-bond acceptors (Lipinski definition) is 3. The van der Waals surface area contributed by atoms with E-state index in [-0.39, 0.29) is 4.90 Å². The standard InChI is InChI=1S/C17H23NO3S/c1-5-17(3,4)18-22(19,20)16-12-11-15(21-6-2)13-9-7-8-10-14(13)16/h7-12,18H,5-6H2,1-4H3. The third kappa shape index (κ3) is 3.42. The molecule has 1 N–H and O–H groups in total. The van der Waals surface area contributed by atoms with Crippen LogP contribution in [0.25, 0.3) is 10.8 Å². The van der Waals surface area contributed by atoms with Crippen molar-refractivity contribution in [3.8, 4) is 5.75 Å². The minimum atomic E-state index is -3.59. The molecule has 0 heterocycles. The van der Waals surface area contributed by atoms with Crippen molar-refractivity contribution in [2.75, 3.05) is 6.61 Å². The molecule has 0 saturated heterocycles. The fourth-order valence-corrected chi connectivity index (χ4v) is 3.95. The normalized spacial score (nSPS) is 12.5. The number of nitrogens with one attached hydrogen (secondary N) is 1. The number of ether oxygens (including phenoxy) is 1. The Kier molecular flexibility index (Phi) is 4.78. The zero-order valence-electron chi connectivity index (χ0n) is 13.5. The Hall–Kier alpha value is -1.59. The Bertz CT molecular complexity index is 767. The van der Waals surface area contributed by atoms with Gasteiger partial charge in [-0.05, 0) is 39.3 Å². The van der Waals surface area contributed by atoms with Crippen molar-refractivity contribution in [1.29, 1.82) is 0 Å². The lowest BCUT2D eigenvalue weighted by Crippen LogP contribution is -2.42. The second-order valence-electron chi connectivity index (χ2n) is 5.88. The van der Waals surface area contributed by atoms with Gasteiger partial charge >= 0.3 is 0 Å². The zero-order valence-corrected chi connectivity index (χ0v) is 14.3. The van der Waals surface area contributed by atoms with Gasteiger partial charge in [-0.2, -0.15) is 0 Å². The first-order valence-corrected chi connectivity index (χ1v) is 8.97. The third-order valence-electron chi connectivity index (χ3n) is 3.73. The Morgan fingerprint density at radius 2 is 1.68 bits per heavy atom.